The maximum Gasteiger partial charge on any atom is 0.303 e. The Labute approximate surface area is 106 Å². The third-order valence-corrected chi connectivity index (χ3v) is 4.29. The van der Waals surface area contributed by atoms with Gasteiger partial charge in [0.25, 0.3) is 5.69 Å². The SMILES string of the molecule is O=C(O)CCCSSc1ccc([N+](=O)[O-])cc1. The summed E-state index contributed by atoms with van der Waals surface area (Å²) in [4.78, 5) is 21.2. The summed E-state index contributed by atoms with van der Waals surface area (Å²) in [6.07, 6.45) is 0.799. The number of hydrogen-bond donors (Lipinski definition) is 1. The number of non-ortho nitro benzene ring substituents is 1. The minimum absolute atomic E-state index is 0.0743. The fourth-order valence-corrected chi connectivity index (χ4v) is 3.09. The maximum absolute atomic E-state index is 10.4. The second kappa shape index (κ2) is 7.18. The Morgan fingerprint density at radius 3 is 2.53 bits per heavy atom. The molecule has 0 saturated heterocycles. The van der Waals surface area contributed by atoms with E-state index in [4.69, 9.17) is 5.11 Å². The van der Waals surface area contributed by atoms with Gasteiger partial charge in [0.15, 0.2) is 0 Å². The molecule has 1 aromatic rings. The van der Waals surface area contributed by atoms with Crippen LogP contribution in [0.15, 0.2) is 29.2 Å². The lowest BCUT2D eigenvalue weighted by Gasteiger charge is -1.99. The van der Waals surface area contributed by atoms with Crippen molar-refractivity contribution in [1.82, 2.24) is 0 Å². The van der Waals surface area contributed by atoms with Crippen molar-refractivity contribution in [2.45, 2.75) is 17.7 Å². The zero-order chi connectivity index (χ0) is 12.7. The molecule has 0 heterocycles. The topological polar surface area (TPSA) is 80.4 Å². The zero-order valence-corrected chi connectivity index (χ0v) is 10.5. The molecule has 0 radical (unpaired) electrons. The molecule has 0 amide bonds. The van der Waals surface area contributed by atoms with Gasteiger partial charge in [0, 0.05) is 29.2 Å². The Hall–Kier alpha value is -1.21. The number of aliphatic carboxylic acids is 1. The highest BCUT2D eigenvalue weighted by Gasteiger charge is 2.04. The van der Waals surface area contributed by atoms with Gasteiger partial charge < -0.3 is 5.11 Å². The minimum Gasteiger partial charge on any atom is -0.481 e. The van der Waals surface area contributed by atoms with Gasteiger partial charge in [0.1, 0.15) is 0 Å². The van der Waals surface area contributed by atoms with Crippen LogP contribution in [0.5, 0.6) is 0 Å². The molecule has 0 saturated carbocycles. The average molecular weight is 273 g/mol. The van der Waals surface area contributed by atoms with E-state index in [1.807, 2.05) is 0 Å². The predicted molar refractivity (Wildman–Crippen MR) is 68.3 cm³/mol. The van der Waals surface area contributed by atoms with Crippen LogP contribution >= 0.6 is 21.6 Å². The van der Waals surface area contributed by atoms with E-state index in [0.717, 1.165) is 10.6 Å². The number of carbonyl (C=O) groups is 1. The molecular weight excluding hydrogens is 262 g/mol. The van der Waals surface area contributed by atoms with Crippen LogP contribution in [-0.4, -0.2) is 21.8 Å². The smallest absolute Gasteiger partial charge is 0.303 e. The number of nitrogens with zero attached hydrogens (tertiary/aromatic N) is 1. The van der Waals surface area contributed by atoms with E-state index >= 15 is 0 Å². The molecule has 0 aliphatic carbocycles. The van der Waals surface area contributed by atoms with Gasteiger partial charge in [0.2, 0.25) is 0 Å². The van der Waals surface area contributed by atoms with Gasteiger partial charge >= 0.3 is 5.97 Å². The molecule has 0 aliphatic rings. The van der Waals surface area contributed by atoms with E-state index in [2.05, 4.69) is 0 Å². The number of nitro benzene ring substituents is 1. The van der Waals surface area contributed by atoms with Crippen LogP contribution in [-0.2, 0) is 4.79 Å². The summed E-state index contributed by atoms with van der Waals surface area (Å²) >= 11 is 0. The first-order chi connectivity index (χ1) is 8.09. The summed E-state index contributed by atoms with van der Waals surface area (Å²) in [7, 11) is 3.04. The molecule has 0 aromatic heterocycles. The maximum atomic E-state index is 10.4. The van der Waals surface area contributed by atoms with Crippen molar-refractivity contribution >= 4 is 33.2 Å². The van der Waals surface area contributed by atoms with Crippen molar-refractivity contribution in [3.05, 3.63) is 34.4 Å². The number of rotatable bonds is 7. The molecule has 1 N–H and O–H groups in total. The van der Waals surface area contributed by atoms with E-state index in [9.17, 15) is 14.9 Å². The van der Waals surface area contributed by atoms with Gasteiger partial charge in [-0.2, -0.15) is 0 Å². The first-order valence-corrected chi connectivity index (χ1v) is 7.17. The first kappa shape index (κ1) is 13.9. The Bertz CT molecular complexity index is 394. The summed E-state index contributed by atoms with van der Waals surface area (Å²) in [6.45, 7) is 0. The molecular formula is C10H11NO4S2. The number of benzene rings is 1. The van der Waals surface area contributed by atoms with Gasteiger partial charge in [-0.1, -0.05) is 21.6 Å². The summed E-state index contributed by atoms with van der Waals surface area (Å²) in [5.41, 5.74) is 0.0743. The monoisotopic (exact) mass is 273 g/mol. The van der Waals surface area contributed by atoms with E-state index in [0.29, 0.717) is 6.42 Å². The van der Waals surface area contributed by atoms with Crippen LogP contribution in [0.4, 0.5) is 5.69 Å². The Morgan fingerprint density at radius 2 is 2.00 bits per heavy atom. The van der Waals surface area contributed by atoms with Crippen LogP contribution in [0.3, 0.4) is 0 Å². The molecule has 5 nitrogen and oxygen atoms in total. The van der Waals surface area contributed by atoms with Crippen LogP contribution < -0.4 is 0 Å². The average Bonchev–Trinajstić information content (AvgIpc) is 2.29. The molecule has 7 heteroatoms. The summed E-state index contributed by atoms with van der Waals surface area (Å²) in [6, 6.07) is 6.29. The standard InChI is InChI=1S/C10H11NO4S2/c12-10(13)2-1-7-16-17-9-5-3-8(4-6-9)11(14)15/h3-6H,1-2,7H2,(H,12,13). The van der Waals surface area contributed by atoms with Crippen molar-refractivity contribution in [1.29, 1.82) is 0 Å². The molecule has 0 spiro atoms. The lowest BCUT2D eigenvalue weighted by molar-refractivity contribution is -0.384. The molecule has 0 atom stereocenters. The largest absolute Gasteiger partial charge is 0.481 e. The quantitative estimate of drug-likeness (QED) is 0.355. The number of hydrogen-bond acceptors (Lipinski definition) is 5. The van der Waals surface area contributed by atoms with Gasteiger partial charge in [-0.3, -0.25) is 14.9 Å². The van der Waals surface area contributed by atoms with Crippen LogP contribution in [0.25, 0.3) is 0 Å². The van der Waals surface area contributed by atoms with Crippen molar-refractivity contribution in [3.8, 4) is 0 Å². The molecule has 0 fully saturated rings. The van der Waals surface area contributed by atoms with E-state index < -0.39 is 10.9 Å². The van der Waals surface area contributed by atoms with Crippen molar-refractivity contribution < 1.29 is 14.8 Å². The predicted octanol–water partition coefficient (Wildman–Crippen LogP) is 3.20. The molecule has 92 valence electrons. The fourth-order valence-electron chi connectivity index (χ4n) is 1.02. The van der Waals surface area contributed by atoms with Gasteiger partial charge in [-0.05, 0) is 18.6 Å². The molecule has 1 aromatic carbocycles. The van der Waals surface area contributed by atoms with Crippen LogP contribution in [0.2, 0.25) is 0 Å². The normalized spacial score (nSPS) is 10.1. The van der Waals surface area contributed by atoms with Crippen LogP contribution in [0, 0.1) is 10.1 Å². The minimum atomic E-state index is -0.786. The molecule has 0 unspecified atom stereocenters. The summed E-state index contributed by atoms with van der Waals surface area (Å²) < 4.78 is 0. The van der Waals surface area contributed by atoms with E-state index in [-0.39, 0.29) is 12.1 Å². The summed E-state index contributed by atoms with van der Waals surface area (Å²) in [5.74, 6) is -0.0422. The van der Waals surface area contributed by atoms with Crippen molar-refractivity contribution in [3.63, 3.8) is 0 Å². The third-order valence-electron chi connectivity index (χ3n) is 1.82. The van der Waals surface area contributed by atoms with Gasteiger partial charge in [-0.15, -0.1) is 0 Å². The number of nitro groups is 1. The van der Waals surface area contributed by atoms with Crippen molar-refractivity contribution in [2.75, 3.05) is 5.75 Å². The van der Waals surface area contributed by atoms with Crippen molar-refractivity contribution in [2.24, 2.45) is 0 Å². The van der Waals surface area contributed by atoms with E-state index in [1.54, 1.807) is 22.9 Å². The van der Waals surface area contributed by atoms with Crippen LogP contribution in [0.1, 0.15) is 12.8 Å². The van der Waals surface area contributed by atoms with E-state index in [1.165, 1.54) is 22.9 Å². The lowest BCUT2D eigenvalue weighted by Crippen LogP contribution is -1.94. The molecule has 0 aliphatic heterocycles. The highest BCUT2D eigenvalue weighted by molar-refractivity contribution is 8.76. The Kier molecular flexibility index (Phi) is 5.85. The third kappa shape index (κ3) is 5.60. The summed E-state index contributed by atoms with van der Waals surface area (Å²) in [5, 5.41) is 18.8. The molecule has 1 rings (SSSR count). The number of carboxylic acids is 1. The number of carboxylic acid groups (broad SMARTS) is 1. The first-order valence-electron chi connectivity index (χ1n) is 4.85. The Balaban J connectivity index is 2.27. The highest BCUT2D eigenvalue weighted by atomic mass is 33.1. The van der Waals surface area contributed by atoms with Gasteiger partial charge in [0.05, 0.1) is 4.92 Å². The zero-order valence-electron chi connectivity index (χ0n) is 8.87. The second-order valence-electron chi connectivity index (χ2n) is 3.15. The lowest BCUT2D eigenvalue weighted by atomic mass is 10.3. The molecule has 0 bridgehead atoms. The second-order valence-corrected chi connectivity index (χ2v) is 5.64. The molecule has 17 heavy (non-hydrogen) atoms. The van der Waals surface area contributed by atoms with Gasteiger partial charge in [-0.25, -0.2) is 0 Å². The highest BCUT2D eigenvalue weighted by Crippen LogP contribution is 2.32. The Morgan fingerprint density at radius 1 is 1.35 bits per heavy atom. The fraction of sp³-hybridized carbons (Fsp3) is 0.300.